The number of carbonyl (C=O) groups excluding carboxylic acids is 2. The summed E-state index contributed by atoms with van der Waals surface area (Å²) in [4.78, 5) is 30.8. The second-order valence-electron chi connectivity index (χ2n) is 15.4. The highest BCUT2D eigenvalue weighted by Gasteiger charge is 2.58. The van der Waals surface area contributed by atoms with Crippen LogP contribution in [0.25, 0.3) is 6.08 Å². The lowest BCUT2D eigenvalue weighted by molar-refractivity contribution is -0.140. The molecule has 2 aliphatic heterocycles. The highest BCUT2D eigenvalue weighted by Crippen LogP contribution is 2.51. The van der Waals surface area contributed by atoms with Crippen LogP contribution in [0, 0.1) is 17.8 Å². The number of benzene rings is 3. The minimum Gasteiger partial charge on any atom is -0.508 e. The van der Waals surface area contributed by atoms with Gasteiger partial charge in [-0.05, 0) is 81.4 Å². The number of aromatic hydroxyl groups is 1. The number of phenolic OH excluding ortho intramolecular Hbond substituents is 1. The SMILES string of the molecule is CC/C(=C\c1ccc(O)cc1)CC[C@H]1OC[C@H]2C1=C(CO[Si](c1ccccc1)(c1ccccc1)C(C)(C)C)C[C@H]1C(=O)N(Cc3cccs3)C(=O)[C@H]12. The quantitative estimate of drug-likeness (QED) is 0.0906. The topological polar surface area (TPSA) is 76.1 Å². The number of imide groups is 1. The third-order valence-electron chi connectivity index (χ3n) is 11.3. The molecule has 3 aliphatic rings. The predicted octanol–water partition coefficient (Wildman–Crippen LogP) is 8.12. The second kappa shape index (κ2) is 15.1. The van der Waals surface area contributed by atoms with Crippen molar-refractivity contribution < 1.29 is 23.9 Å². The lowest BCUT2D eigenvalue weighted by Crippen LogP contribution is -2.66. The number of fused-ring (bicyclic) bond motifs is 3. The van der Waals surface area contributed by atoms with Gasteiger partial charge in [0.25, 0.3) is 8.32 Å². The van der Waals surface area contributed by atoms with Crippen molar-refractivity contribution >= 4 is 47.9 Å². The first-order valence-corrected chi connectivity index (χ1v) is 21.3. The van der Waals surface area contributed by atoms with Gasteiger partial charge in [0.05, 0.1) is 37.7 Å². The van der Waals surface area contributed by atoms with E-state index in [9.17, 15) is 14.7 Å². The average molecular weight is 732 g/mol. The van der Waals surface area contributed by atoms with Crippen molar-refractivity contribution in [2.24, 2.45) is 17.8 Å². The Morgan fingerprint density at radius 1 is 0.923 bits per heavy atom. The molecule has 1 N–H and O–H groups in total. The van der Waals surface area contributed by atoms with Crippen LogP contribution < -0.4 is 10.4 Å². The molecular weight excluding hydrogens is 683 g/mol. The number of phenols is 1. The van der Waals surface area contributed by atoms with E-state index in [1.165, 1.54) is 26.4 Å². The number of nitrogens with zero attached hydrogens (tertiary/aromatic N) is 1. The van der Waals surface area contributed by atoms with Gasteiger partial charge in [-0.15, -0.1) is 11.3 Å². The molecule has 3 aromatic carbocycles. The Balaban J connectivity index is 1.25. The summed E-state index contributed by atoms with van der Waals surface area (Å²) in [7, 11) is -2.87. The molecule has 2 saturated heterocycles. The number of thiophene rings is 1. The van der Waals surface area contributed by atoms with Crippen LogP contribution in [0.2, 0.25) is 5.04 Å². The molecule has 0 radical (unpaired) electrons. The molecule has 3 heterocycles. The van der Waals surface area contributed by atoms with E-state index in [0.29, 0.717) is 26.2 Å². The van der Waals surface area contributed by atoms with Gasteiger partial charge in [0.1, 0.15) is 5.75 Å². The molecule has 6 nitrogen and oxygen atoms in total. The second-order valence-corrected chi connectivity index (χ2v) is 20.7. The number of hydrogen-bond donors (Lipinski definition) is 1. The molecule has 0 saturated carbocycles. The van der Waals surface area contributed by atoms with Crippen molar-refractivity contribution in [2.75, 3.05) is 13.2 Å². The first-order valence-electron chi connectivity index (χ1n) is 18.5. The van der Waals surface area contributed by atoms with E-state index in [-0.39, 0.29) is 34.6 Å². The summed E-state index contributed by atoms with van der Waals surface area (Å²) in [5, 5.41) is 14.0. The summed E-state index contributed by atoms with van der Waals surface area (Å²) in [6.07, 6.45) is 5.07. The van der Waals surface area contributed by atoms with Gasteiger partial charge in [0.2, 0.25) is 11.8 Å². The highest BCUT2D eigenvalue weighted by molar-refractivity contribution is 7.09. The molecule has 7 rings (SSSR count). The Morgan fingerprint density at radius 2 is 1.60 bits per heavy atom. The fourth-order valence-corrected chi connectivity index (χ4v) is 14.1. The van der Waals surface area contributed by atoms with Crippen molar-refractivity contribution in [1.82, 2.24) is 4.90 Å². The standard InChI is InChI=1S/C44H49NO5SSi/c1-5-30(25-31-18-21-33(46)22-19-31)20-23-39-40-32(26-37-41(38(40)29-49-39)43(48)45(42(37)47)27-34-13-12-24-51-34)28-50-52(44(2,3)4,35-14-8-6-9-15-35)36-16-10-7-11-17-36/h6-19,21-22,24-25,37-39,41,46H,5,20,23,26-29H2,1-4H3/b30-25+/t37-,38+,39-,41-/m1/s1. The Bertz CT molecular complexity index is 1890. The molecule has 1 aromatic heterocycles. The molecule has 8 heteroatoms. The minimum absolute atomic E-state index is 0.0661. The van der Waals surface area contributed by atoms with Gasteiger partial charge in [0.15, 0.2) is 0 Å². The zero-order chi connectivity index (χ0) is 36.5. The molecule has 270 valence electrons. The minimum atomic E-state index is -2.87. The van der Waals surface area contributed by atoms with Crippen LogP contribution in [0.15, 0.2) is 119 Å². The summed E-state index contributed by atoms with van der Waals surface area (Å²) in [6.45, 7) is 10.2. The van der Waals surface area contributed by atoms with Crippen LogP contribution >= 0.6 is 11.3 Å². The normalized spacial score (nSPS) is 22.2. The van der Waals surface area contributed by atoms with Crippen LogP contribution in [-0.2, 0) is 25.3 Å². The van der Waals surface area contributed by atoms with Crippen LogP contribution in [0.4, 0.5) is 0 Å². The van der Waals surface area contributed by atoms with Crippen molar-refractivity contribution in [3.05, 3.63) is 130 Å². The van der Waals surface area contributed by atoms with E-state index < -0.39 is 20.2 Å². The van der Waals surface area contributed by atoms with Crippen molar-refractivity contribution in [1.29, 1.82) is 0 Å². The lowest BCUT2D eigenvalue weighted by Gasteiger charge is -2.44. The molecule has 2 amide bonds. The van der Waals surface area contributed by atoms with E-state index in [0.717, 1.165) is 35.3 Å². The van der Waals surface area contributed by atoms with Gasteiger partial charge in [0, 0.05) is 10.8 Å². The van der Waals surface area contributed by atoms with Gasteiger partial charge in [-0.3, -0.25) is 14.5 Å². The molecule has 0 unspecified atom stereocenters. The Kier molecular flexibility index (Phi) is 10.5. The highest BCUT2D eigenvalue weighted by atomic mass is 32.1. The van der Waals surface area contributed by atoms with Crippen molar-refractivity contribution in [3.63, 3.8) is 0 Å². The van der Waals surface area contributed by atoms with E-state index >= 15 is 0 Å². The number of rotatable bonds is 12. The Labute approximate surface area is 312 Å². The summed E-state index contributed by atoms with van der Waals surface area (Å²) in [5.74, 6) is -0.867. The monoisotopic (exact) mass is 731 g/mol. The maximum absolute atomic E-state index is 14.2. The molecule has 0 bridgehead atoms. The summed E-state index contributed by atoms with van der Waals surface area (Å²) < 4.78 is 14.2. The number of allylic oxidation sites excluding steroid dienone is 1. The van der Waals surface area contributed by atoms with Crippen LogP contribution in [-0.4, -0.2) is 49.5 Å². The van der Waals surface area contributed by atoms with E-state index in [1.54, 1.807) is 23.5 Å². The summed E-state index contributed by atoms with van der Waals surface area (Å²) >= 11 is 1.57. The molecule has 1 aliphatic carbocycles. The van der Waals surface area contributed by atoms with Crippen molar-refractivity contribution in [2.45, 2.75) is 71.1 Å². The molecule has 4 atom stereocenters. The van der Waals surface area contributed by atoms with Crippen LogP contribution in [0.1, 0.15) is 63.8 Å². The first kappa shape index (κ1) is 36.3. The van der Waals surface area contributed by atoms with Crippen molar-refractivity contribution in [3.8, 4) is 5.75 Å². The third kappa shape index (κ3) is 6.89. The van der Waals surface area contributed by atoms with Gasteiger partial charge in [-0.25, -0.2) is 0 Å². The smallest absolute Gasteiger partial charge is 0.261 e. The first-order chi connectivity index (χ1) is 25.1. The number of ether oxygens (including phenoxy) is 1. The number of hydrogen-bond acceptors (Lipinski definition) is 6. The maximum Gasteiger partial charge on any atom is 0.261 e. The third-order valence-corrected chi connectivity index (χ3v) is 17.2. The molecular formula is C44H49NO5SSi. The summed E-state index contributed by atoms with van der Waals surface area (Å²) in [6, 6.07) is 32.6. The van der Waals surface area contributed by atoms with E-state index in [2.05, 4.69) is 94.4 Å². The molecule has 2 fully saturated rings. The number of amides is 2. The largest absolute Gasteiger partial charge is 0.508 e. The molecule has 4 aromatic rings. The molecule has 0 spiro atoms. The average Bonchev–Trinajstić information content (AvgIpc) is 3.88. The van der Waals surface area contributed by atoms with Gasteiger partial charge < -0.3 is 14.3 Å². The van der Waals surface area contributed by atoms with Gasteiger partial charge in [-0.1, -0.05) is 118 Å². The predicted molar refractivity (Wildman–Crippen MR) is 211 cm³/mol. The van der Waals surface area contributed by atoms with Crippen LogP contribution in [0.3, 0.4) is 0 Å². The zero-order valence-electron chi connectivity index (χ0n) is 30.6. The fraction of sp³-hybridized carbons (Fsp3) is 0.364. The zero-order valence-corrected chi connectivity index (χ0v) is 32.4. The van der Waals surface area contributed by atoms with Gasteiger partial charge >= 0.3 is 0 Å². The lowest BCUT2D eigenvalue weighted by atomic mass is 9.69. The maximum atomic E-state index is 14.2. The van der Waals surface area contributed by atoms with E-state index in [1.807, 2.05) is 29.6 Å². The Hall–Kier alpha value is -4.08. The number of carbonyl (C=O) groups is 2. The van der Waals surface area contributed by atoms with Gasteiger partial charge in [-0.2, -0.15) is 0 Å². The summed E-state index contributed by atoms with van der Waals surface area (Å²) in [5.41, 5.74) is 4.66. The van der Waals surface area contributed by atoms with Crippen LogP contribution in [0.5, 0.6) is 5.75 Å². The number of likely N-dealkylation sites (tertiary alicyclic amines) is 1. The Morgan fingerprint density at radius 3 is 2.19 bits per heavy atom. The fourth-order valence-electron chi connectivity index (χ4n) is 8.82. The molecule has 52 heavy (non-hydrogen) atoms. The van der Waals surface area contributed by atoms with E-state index in [4.69, 9.17) is 9.16 Å².